The van der Waals surface area contributed by atoms with Crippen LogP contribution in [0.5, 0.6) is 11.5 Å². The number of carbonyl (C=O) groups excluding carboxylic acids is 1. The summed E-state index contributed by atoms with van der Waals surface area (Å²) in [5.41, 5.74) is 3.29. The first kappa shape index (κ1) is 17.1. The van der Waals surface area contributed by atoms with Crippen molar-refractivity contribution in [2.24, 2.45) is 7.05 Å². The van der Waals surface area contributed by atoms with Crippen LogP contribution in [0.4, 0.5) is 4.39 Å². The molecule has 7 heteroatoms. The van der Waals surface area contributed by atoms with Crippen LogP contribution in [0.15, 0.2) is 42.5 Å². The molecule has 6 nitrogen and oxygen atoms in total. The molecule has 0 bridgehead atoms. The lowest BCUT2D eigenvalue weighted by Gasteiger charge is -2.04. The molecule has 0 saturated carbocycles. The smallest absolute Gasteiger partial charge is 0.272 e. The maximum absolute atomic E-state index is 13.5. The quantitative estimate of drug-likeness (QED) is 0.769. The zero-order chi connectivity index (χ0) is 19.0. The van der Waals surface area contributed by atoms with Gasteiger partial charge in [0.05, 0.1) is 5.69 Å². The largest absolute Gasteiger partial charge is 0.454 e. The predicted octanol–water partition coefficient (Wildman–Crippen LogP) is 3.19. The van der Waals surface area contributed by atoms with E-state index in [0.717, 1.165) is 16.8 Å². The molecular weight excluding hydrogens is 349 g/mol. The van der Waals surface area contributed by atoms with Gasteiger partial charge in [-0.15, -0.1) is 0 Å². The third-order valence-corrected chi connectivity index (χ3v) is 4.46. The second-order valence-electron chi connectivity index (χ2n) is 6.37. The number of carbonyl (C=O) groups is 1. The maximum Gasteiger partial charge on any atom is 0.272 e. The average molecular weight is 367 g/mol. The van der Waals surface area contributed by atoms with Gasteiger partial charge in [-0.1, -0.05) is 6.07 Å². The lowest BCUT2D eigenvalue weighted by Crippen LogP contribution is -2.23. The summed E-state index contributed by atoms with van der Waals surface area (Å²) in [6, 6.07) is 12.1. The van der Waals surface area contributed by atoms with Crippen LogP contribution in [-0.2, 0) is 13.6 Å². The van der Waals surface area contributed by atoms with E-state index >= 15 is 0 Å². The summed E-state index contributed by atoms with van der Waals surface area (Å²) in [4.78, 5) is 12.5. The first-order chi connectivity index (χ1) is 13.0. The van der Waals surface area contributed by atoms with Crippen molar-refractivity contribution in [2.75, 3.05) is 6.79 Å². The molecule has 1 aromatic heterocycles. The highest BCUT2D eigenvalue weighted by molar-refractivity contribution is 5.93. The van der Waals surface area contributed by atoms with Crippen molar-refractivity contribution >= 4 is 5.91 Å². The number of benzene rings is 2. The van der Waals surface area contributed by atoms with E-state index in [1.54, 1.807) is 36.9 Å². The molecule has 3 aromatic rings. The molecule has 1 amide bonds. The molecule has 27 heavy (non-hydrogen) atoms. The number of hydrogen-bond acceptors (Lipinski definition) is 4. The molecule has 1 N–H and O–H groups in total. The van der Waals surface area contributed by atoms with Gasteiger partial charge in [-0.05, 0) is 54.4 Å². The fourth-order valence-corrected chi connectivity index (χ4v) is 2.98. The molecule has 138 valence electrons. The van der Waals surface area contributed by atoms with Crippen LogP contribution < -0.4 is 14.8 Å². The van der Waals surface area contributed by atoms with E-state index in [2.05, 4.69) is 10.4 Å². The van der Waals surface area contributed by atoms with Gasteiger partial charge in [0.15, 0.2) is 17.2 Å². The zero-order valence-electron chi connectivity index (χ0n) is 15.0. The first-order valence-electron chi connectivity index (χ1n) is 8.48. The Morgan fingerprint density at radius 2 is 2.00 bits per heavy atom. The molecule has 0 spiro atoms. The van der Waals surface area contributed by atoms with Crippen LogP contribution >= 0.6 is 0 Å². The van der Waals surface area contributed by atoms with Crippen molar-refractivity contribution < 1.29 is 18.7 Å². The van der Waals surface area contributed by atoms with Crippen LogP contribution in [0.2, 0.25) is 0 Å². The Hall–Kier alpha value is -3.35. The second-order valence-corrected chi connectivity index (χ2v) is 6.37. The topological polar surface area (TPSA) is 65.4 Å². The molecular formula is C20H18FN3O3. The third kappa shape index (κ3) is 3.36. The van der Waals surface area contributed by atoms with Gasteiger partial charge < -0.3 is 14.8 Å². The van der Waals surface area contributed by atoms with Crippen molar-refractivity contribution in [3.8, 4) is 22.8 Å². The van der Waals surface area contributed by atoms with Gasteiger partial charge in [0.25, 0.3) is 5.91 Å². The van der Waals surface area contributed by atoms with Gasteiger partial charge in [-0.3, -0.25) is 9.48 Å². The van der Waals surface area contributed by atoms with E-state index in [1.807, 2.05) is 18.2 Å². The lowest BCUT2D eigenvalue weighted by atomic mass is 10.1. The summed E-state index contributed by atoms with van der Waals surface area (Å²) in [7, 11) is 1.75. The Balaban J connectivity index is 1.48. The van der Waals surface area contributed by atoms with Gasteiger partial charge in [0.1, 0.15) is 5.82 Å². The summed E-state index contributed by atoms with van der Waals surface area (Å²) in [5, 5.41) is 7.12. The number of aryl methyl sites for hydroxylation is 2. The monoisotopic (exact) mass is 367 g/mol. The highest BCUT2D eigenvalue weighted by Gasteiger charge is 2.16. The highest BCUT2D eigenvalue weighted by Crippen LogP contribution is 2.32. The van der Waals surface area contributed by atoms with Crippen molar-refractivity contribution in [3.63, 3.8) is 0 Å². The highest BCUT2D eigenvalue weighted by atomic mass is 19.1. The zero-order valence-corrected chi connectivity index (χ0v) is 15.0. The second kappa shape index (κ2) is 6.75. The summed E-state index contributed by atoms with van der Waals surface area (Å²) in [6.07, 6.45) is 0. The first-order valence-corrected chi connectivity index (χ1v) is 8.48. The molecule has 0 aliphatic carbocycles. The van der Waals surface area contributed by atoms with Crippen molar-refractivity contribution in [1.29, 1.82) is 0 Å². The van der Waals surface area contributed by atoms with E-state index < -0.39 is 0 Å². The number of hydrogen-bond donors (Lipinski definition) is 1. The molecule has 0 saturated heterocycles. The Morgan fingerprint density at radius 3 is 2.81 bits per heavy atom. The van der Waals surface area contributed by atoms with Crippen molar-refractivity contribution in [1.82, 2.24) is 15.1 Å². The van der Waals surface area contributed by atoms with E-state index in [1.165, 1.54) is 6.07 Å². The molecule has 0 radical (unpaired) electrons. The van der Waals surface area contributed by atoms with Gasteiger partial charge >= 0.3 is 0 Å². The standard InChI is InChI=1S/C20H18FN3O3/c1-12-7-14(4-5-15(12)21)17-9-16(23-24(17)2)20(25)22-10-13-3-6-18-19(8-13)27-11-26-18/h3-9H,10-11H2,1-2H3,(H,22,25). The molecule has 4 rings (SSSR count). The SMILES string of the molecule is Cc1cc(-c2cc(C(=O)NCc3ccc4c(c3)OCO4)nn2C)ccc1F. The Bertz CT molecular complexity index is 1030. The van der Waals surface area contributed by atoms with Crippen LogP contribution in [0, 0.1) is 12.7 Å². The summed E-state index contributed by atoms with van der Waals surface area (Å²) in [6.45, 7) is 2.26. The Morgan fingerprint density at radius 1 is 1.19 bits per heavy atom. The van der Waals surface area contributed by atoms with E-state index in [-0.39, 0.29) is 18.5 Å². The minimum absolute atomic E-state index is 0.213. The fraction of sp³-hybridized carbons (Fsp3) is 0.200. The van der Waals surface area contributed by atoms with Gasteiger partial charge in [0.2, 0.25) is 6.79 Å². The molecule has 1 aliphatic heterocycles. The van der Waals surface area contributed by atoms with Crippen LogP contribution in [0.1, 0.15) is 21.6 Å². The van der Waals surface area contributed by atoms with Crippen molar-refractivity contribution in [3.05, 3.63) is 65.1 Å². The number of rotatable bonds is 4. The Kier molecular flexibility index (Phi) is 4.27. The number of fused-ring (bicyclic) bond motifs is 1. The summed E-state index contributed by atoms with van der Waals surface area (Å²) < 4.78 is 25.7. The fourth-order valence-electron chi connectivity index (χ4n) is 2.98. The van der Waals surface area contributed by atoms with Crippen LogP contribution in [0.25, 0.3) is 11.3 Å². The molecule has 0 fully saturated rings. The maximum atomic E-state index is 13.5. The molecule has 2 aromatic carbocycles. The number of nitrogens with one attached hydrogen (secondary N) is 1. The molecule has 1 aliphatic rings. The number of amides is 1. The van der Waals surface area contributed by atoms with E-state index in [0.29, 0.717) is 29.3 Å². The minimum Gasteiger partial charge on any atom is -0.454 e. The molecule has 0 unspecified atom stereocenters. The van der Waals surface area contributed by atoms with Gasteiger partial charge in [-0.2, -0.15) is 5.10 Å². The van der Waals surface area contributed by atoms with E-state index in [9.17, 15) is 9.18 Å². The van der Waals surface area contributed by atoms with Crippen LogP contribution in [0.3, 0.4) is 0 Å². The molecule has 0 atom stereocenters. The third-order valence-electron chi connectivity index (χ3n) is 4.46. The predicted molar refractivity (Wildman–Crippen MR) is 97.1 cm³/mol. The van der Waals surface area contributed by atoms with E-state index in [4.69, 9.17) is 9.47 Å². The van der Waals surface area contributed by atoms with Gasteiger partial charge in [-0.25, -0.2) is 4.39 Å². The minimum atomic E-state index is -0.284. The average Bonchev–Trinajstić information content (AvgIpc) is 3.28. The number of ether oxygens (including phenoxy) is 2. The Labute approximate surface area is 155 Å². The molecule has 2 heterocycles. The summed E-state index contributed by atoms with van der Waals surface area (Å²) in [5.74, 6) is 0.832. The van der Waals surface area contributed by atoms with Crippen molar-refractivity contribution in [2.45, 2.75) is 13.5 Å². The number of halogens is 1. The number of aromatic nitrogens is 2. The van der Waals surface area contributed by atoms with Crippen LogP contribution in [-0.4, -0.2) is 22.5 Å². The van der Waals surface area contributed by atoms with Gasteiger partial charge in [0, 0.05) is 19.2 Å². The summed E-state index contributed by atoms with van der Waals surface area (Å²) >= 11 is 0. The number of nitrogens with zero attached hydrogens (tertiary/aromatic N) is 2. The normalized spacial score (nSPS) is 12.3. The lowest BCUT2D eigenvalue weighted by molar-refractivity contribution is 0.0945.